The first-order valence-electron chi connectivity index (χ1n) is 10.8. The Hall–Kier alpha value is -2.46. The Morgan fingerprint density at radius 2 is 0.871 bits per heavy atom. The molecular weight excluding hydrogens is 414 g/mol. The molecule has 0 aliphatic carbocycles. The standard InChI is InChI=1S/C14H15OP.C14H15P/c1-2-16(15,13-9-5-3-6-10-13)14-11-7-4-8-12-14;1-2-15(13-9-5-3-6-10-13)14-11-7-4-8-12-14/h3-12H,2H2,1H3;3-12H,2H2,1H3. The second kappa shape index (κ2) is 11.8. The van der Waals surface area contributed by atoms with E-state index in [1.165, 1.54) is 16.8 Å². The molecule has 0 atom stereocenters. The minimum atomic E-state index is -2.40. The zero-order valence-corrected chi connectivity index (χ0v) is 20.1. The van der Waals surface area contributed by atoms with Crippen LogP contribution in [0.25, 0.3) is 0 Å². The lowest BCUT2D eigenvalue weighted by molar-refractivity contribution is 0.587. The van der Waals surface area contributed by atoms with Crippen molar-refractivity contribution < 1.29 is 4.57 Å². The molecular formula is C28H30OP2. The first kappa shape index (κ1) is 23.2. The van der Waals surface area contributed by atoms with Crippen molar-refractivity contribution in [2.45, 2.75) is 13.8 Å². The highest BCUT2D eigenvalue weighted by atomic mass is 31.2. The van der Waals surface area contributed by atoms with Crippen LogP contribution in [-0.2, 0) is 4.57 Å². The van der Waals surface area contributed by atoms with E-state index in [2.05, 4.69) is 67.6 Å². The van der Waals surface area contributed by atoms with Gasteiger partial charge in [-0.15, -0.1) is 0 Å². The van der Waals surface area contributed by atoms with Crippen LogP contribution in [0.15, 0.2) is 121 Å². The van der Waals surface area contributed by atoms with Gasteiger partial charge in [-0.25, -0.2) is 0 Å². The van der Waals surface area contributed by atoms with Crippen LogP contribution < -0.4 is 21.2 Å². The van der Waals surface area contributed by atoms with E-state index < -0.39 is 7.14 Å². The monoisotopic (exact) mass is 444 g/mol. The Balaban J connectivity index is 0.000000176. The van der Waals surface area contributed by atoms with Gasteiger partial charge in [0.05, 0.1) is 0 Å². The quantitative estimate of drug-likeness (QED) is 0.326. The van der Waals surface area contributed by atoms with Crippen LogP contribution in [0.2, 0.25) is 0 Å². The van der Waals surface area contributed by atoms with E-state index in [1.54, 1.807) is 0 Å². The average molecular weight is 444 g/mol. The molecule has 4 rings (SSSR count). The van der Waals surface area contributed by atoms with E-state index >= 15 is 0 Å². The van der Waals surface area contributed by atoms with Crippen LogP contribution in [0.5, 0.6) is 0 Å². The summed E-state index contributed by atoms with van der Waals surface area (Å²) in [5, 5.41) is 4.84. The molecule has 0 spiro atoms. The van der Waals surface area contributed by atoms with Gasteiger partial charge in [0.25, 0.3) is 0 Å². The summed E-state index contributed by atoms with van der Waals surface area (Å²) in [7, 11) is -2.55. The first-order valence-corrected chi connectivity index (χ1v) is 14.2. The van der Waals surface area contributed by atoms with Crippen LogP contribution in [0.4, 0.5) is 0 Å². The number of benzene rings is 4. The molecule has 0 heterocycles. The van der Waals surface area contributed by atoms with Crippen LogP contribution in [-0.4, -0.2) is 12.3 Å². The fraction of sp³-hybridized carbons (Fsp3) is 0.143. The van der Waals surface area contributed by atoms with E-state index in [-0.39, 0.29) is 7.92 Å². The number of hydrogen-bond donors (Lipinski definition) is 0. The van der Waals surface area contributed by atoms with Crippen LogP contribution in [0.3, 0.4) is 0 Å². The van der Waals surface area contributed by atoms with Crippen molar-refractivity contribution >= 4 is 36.3 Å². The van der Waals surface area contributed by atoms with Crippen molar-refractivity contribution in [2.24, 2.45) is 0 Å². The summed E-state index contributed by atoms with van der Waals surface area (Å²) in [6.07, 6.45) is 1.88. The zero-order valence-electron chi connectivity index (χ0n) is 18.3. The van der Waals surface area contributed by atoms with Gasteiger partial charge in [0.15, 0.2) is 0 Å². The molecule has 0 fully saturated rings. The SMILES string of the molecule is CCP(=O)(c1ccccc1)c1ccccc1.CCP(c1ccccc1)c1ccccc1. The summed E-state index contributed by atoms with van der Waals surface area (Å²) in [5.41, 5.74) is 0. The third kappa shape index (κ3) is 6.04. The molecule has 0 radical (unpaired) electrons. The summed E-state index contributed by atoms with van der Waals surface area (Å²) in [5.74, 6) is 0. The molecule has 4 aromatic rings. The molecule has 158 valence electrons. The minimum absolute atomic E-state index is 0.149. The van der Waals surface area contributed by atoms with Gasteiger partial charge in [0.1, 0.15) is 7.14 Å². The van der Waals surface area contributed by atoms with Crippen molar-refractivity contribution in [1.29, 1.82) is 0 Å². The summed E-state index contributed by atoms with van der Waals surface area (Å²) < 4.78 is 13.0. The van der Waals surface area contributed by atoms with E-state index in [9.17, 15) is 4.57 Å². The average Bonchev–Trinajstić information content (AvgIpc) is 2.87. The molecule has 0 unspecified atom stereocenters. The van der Waals surface area contributed by atoms with Crippen molar-refractivity contribution in [2.75, 3.05) is 12.3 Å². The maximum Gasteiger partial charge on any atom is 0.142 e. The van der Waals surface area contributed by atoms with E-state index in [0.29, 0.717) is 6.16 Å². The highest BCUT2D eigenvalue weighted by molar-refractivity contribution is 7.78. The number of hydrogen-bond acceptors (Lipinski definition) is 1. The summed E-state index contributed by atoms with van der Waals surface area (Å²) in [6, 6.07) is 41.1. The molecule has 31 heavy (non-hydrogen) atoms. The number of rotatable bonds is 6. The van der Waals surface area contributed by atoms with Gasteiger partial charge < -0.3 is 4.57 Å². The molecule has 0 saturated carbocycles. The Labute approximate surface area is 188 Å². The molecule has 0 aliphatic rings. The third-order valence-corrected chi connectivity index (χ3v) is 10.9. The van der Waals surface area contributed by atoms with Crippen molar-refractivity contribution in [1.82, 2.24) is 0 Å². The Morgan fingerprint density at radius 1 is 0.548 bits per heavy atom. The van der Waals surface area contributed by atoms with E-state index in [0.717, 1.165) is 10.6 Å². The molecule has 0 bridgehead atoms. The first-order chi connectivity index (χ1) is 15.2. The zero-order chi connectivity index (χ0) is 21.9. The molecule has 0 aliphatic heterocycles. The van der Waals surface area contributed by atoms with Gasteiger partial charge in [-0.05, 0) is 24.7 Å². The van der Waals surface area contributed by atoms with E-state index in [4.69, 9.17) is 0 Å². The van der Waals surface area contributed by atoms with Gasteiger partial charge >= 0.3 is 0 Å². The van der Waals surface area contributed by atoms with Crippen LogP contribution in [0, 0.1) is 0 Å². The van der Waals surface area contributed by atoms with Gasteiger partial charge in [0, 0.05) is 16.8 Å². The smallest absolute Gasteiger partial charge is 0.142 e. The summed E-state index contributed by atoms with van der Waals surface area (Å²) in [6.45, 7) is 4.26. The van der Waals surface area contributed by atoms with Gasteiger partial charge in [-0.1, -0.05) is 135 Å². The lowest BCUT2D eigenvalue weighted by atomic mass is 10.4. The topological polar surface area (TPSA) is 17.1 Å². The molecule has 0 N–H and O–H groups in total. The normalized spacial score (nSPS) is 10.9. The lowest BCUT2D eigenvalue weighted by Gasteiger charge is -2.16. The Kier molecular flexibility index (Phi) is 8.84. The second-order valence-corrected chi connectivity index (χ2v) is 12.8. The third-order valence-electron chi connectivity index (χ3n) is 5.24. The van der Waals surface area contributed by atoms with Crippen LogP contribution in [0.1, 0.15) is 13.8 Å². The maximum absolute atomic E-state index is 13.0. The molecule has 4 aromatic carbocycles. The van der Waals surface area contributed by atoms with Crippen molar-refractivity contribution in [3.63, 3.8) is 0 Å². The van der Waals surface area contributed by atoms with Crippen molar-refractivity contribution in [3.05, 3.63) is 121 Å². The second-order valence-electron chi connectivity index (χ2n) is 7.14. The summed E-state index contributed by atoms with van der Waals surface area (Å²) >= 11 is 0. The predicted octanol–water partition coefficient (Wildman–Crippen LogP) is 6.16. The van der Waals surface area contributed by atoms with Gasteiger partial charge in [0.2, 0.25) is 0 Å². The fourth-order valence-electron chi connectivity index (χ4n) is 3.58. The fourth-order valence-corrected chi connectivity index (χ4v) is 8.01. The maximum atomic E-state index is 13.0. The van der Waals surface area contributed by atoms with Crippen LogP contribution >= 0.6 is 15.1 Å². The van der Waals surface area contributed by atoms with E-state index in [1.807, 2.05) is 67.6 Å². The van der Waals surface area contributed by atoms with Crippen molar-refractivity contribution in [3.8, 4) is 0 Å². The highest BCUT2D eigenvalue weighted by Crippen LogP contribution is 2.42. The molecule has 0 amide bonds. The lowest BCUT2D eigenvalue weighted by Crippen LogP contribution is -2.17. The largest absolute Gasteiger partial charge is 0.314 e. The molecule has 0 saturated heterocycles. The molecule has 1 nitrogen and oxygen atoms in total. The Bertz CT molecular complexity index is 982. The summed E-state index contributed by atoms with van der Waals surface area (Å²) in [4.78, 5) is 0. The minimum Gasteiger partial charge on any atom is -0.314 e. The Morgan fingerprint density at radius 3 is 1.16 bits per heavy atom. The predicted molar refractivity (Wildman–Crippen MR) is 140 cm³/mol. The highest BCUT2D eigenvalue weighted by Gasteiger charge is 2.24. The van der Waals surface area contributed by atoms with Gasteiger partial charge in [-0.3, -0.25) is 0 Å². The molecule has 0 aromatic heterocycles. The molecule has 3 heteroatoms. The van der Waals surface area contributed by atoms with Gasteiger partial charge in [-0.2, -0.15) is 0 Å².